The molecule has 3 rings (SSSR count). The lowest BCUT2D eigenvalue weighted by Gasteiger charge is -2.13. The molecule has 0 aliphatic heterocycles. The first-order valence-corrected chi connectivity index (χ1v) is 7.92. The summed E-state index contributed by atoms with van der Waals surface area (Å²) in [6.07, 6.45) is 6.41. The molecule has 1 aromatic heterocycles. The van der Waals surface area contributed by atoms with Gasteiger partial charge in [-0.2, -0.15) is 5.26 Å². The molecule has 1 aliphatic rings. The predicted molar refractivity (Wildman–Crippen MR) is 85.8 cm³/mol. The Morgan fingerprint density at radius 2 is 2.19 bits per heavy atom. The fourth-order valence-corrected chi connectivity index (χ4v) is 3.00. The van der Waals surface area contributed by atoms with Crippen molar-refractivity contribution in [3.63, 3.8) is 0 Å². The number of benzene rings is 1. The van der Waals surface area contributed by atoms with Crippen molar-refractivity contribution >= 4 is 10.9 Å². The standard InChI is InChI=1S/C18H23N3/c1-2-10-20-13-15-3-4-17-16(12-15)5-11-21(17)14-18(6-7-18)8-9-19/h3-5,11-12,20H,2,6-8,10,13-14H2,1H3. The molecule has 0 unspecified atom stereocenters. The molecule has 0 bridgehead atoms. The second-order valence-corrected chi connectivity index (χ2v) is 6.35. The molecule has 1 heterocycles. The molecule has 0 amide bonds. The van der Waals surface area contributed by atoms with E-state index in [1.54, 1.807) is 0 Å². The van der Waals surface area contributed by atoms with Crippen molar-refractivity contribution in [3.05, 3.63) is 36.0 Å². The van der Waals surface area contributed by atoms with Crippen molar-refractivity contribution in [1.82, 2.24) is 9.88 Å². The maximum atomic E-state index is 8.96. The van der Waals surface area contributed by atoms with Gasteiger partial charge in [-0.25, -0.2) is 0 Å². The molecule has 3 heteroatoms. The van der Waals surface area contributed by atoms with Gasteiger partial charge < -0.3 is 9.88 Å². The van der Waals surface area contributed by atoms with Crippen LogP contribution in [-0.2, 0) is 13.1 Å². The quantitative estimate of drug-likeness (QED) is 0.783. The normalized spacial score (nSPS) is 16.0. The third kappa shape index (κ3) is 3.11. The molecule has 0 radical (unpaired) electrons. The van der Waals surface area contributed by atoms with Crippen LogP contribution >= 0.6 is 0 Å². The monoisotopic (exact) mass is 281 g/mol. The summed E-state index contributed by atoms with van der Waals surface area (Å²) in [5.74, 6) is 0. The molecular weight excluding hydrogens is 258 g/mol. The van der Waals surface area contributed by atoms with Gasteiger partial charge in [0, 0.05) is 36.6 Å². The van der Waals surface area contributed by atoms with Crippen LogP contribution in [-0.4, -0.2) is 11.1 Å². The minimum Gasteiger partial charge on any atom is -0.347 e. The van der Waals surface area contributed by atoms with Gasteiger partial charge in [0.25, 0.3) is 0 Å². The largest absolute Gasteiger partial charge is 0.347 e. The first kappa shape index (κ1) is 14.2. The van der Waals surface area contributed by atoms with E-state index in [1.807, 2.05) is 0 Å². The number of fused-ring (bicyclic) bond motifs is 1. The van der Waals surface area contributed by atoms with E-state index in [4.69, 9.17) is 5.26 Å². The second kappa shape index (κ2) is 5.91. The summed E-state index contributed by atoms with van der Waals surface area (Å²) >= 11 is 0. The van der Waals surface area contributed by atoms with Crippen LogP contribution in [0.3, 0.4) is 0 Å². The van der Waals surface area contributed by atoms with Crippen molar-refractivity contribution < 1.29 is 0 Å². The van der Waals surface area contributed by atoms with Gasteiger partial charge in [0.05, 0.1) is 6.07 Å². The SMILES string of the molecule is CCCNCc1ccc2c(ccn2CC2(CC#N)CC2)c1. The molecule has 1 aromatic carbocycles. The van der Waals surface area contributed by atoms with E-state index < -0.39 is 0 Å². The van der Waals surface area contributed by atoms with E-state index >= 15 is 0 Å². The highest BCUT2D eigenvalue weighted by Gasteiger charge is 2.42. The lowest BCUT2D eigenvalue weighted by atomic mass is 10.0. The highest BCUT2D eigenvalue weighted by atomic mass is 15.0. The summed E-state index contributed by atoms with van der Waals surface area (Å²) in [4.78, 5) is 0. The lowest BCUT2D eigenvalue weighted by molar-refractivity contribution is 0.440. The molecule has 110 valence electrons. The number of hydrogen-bond donors (Lipinski definition) is 1. The average Bonchev–Trinajstić information content (AvgIpc) is 3.13. The average molecular weight is 281 g/mol. The summed E-state index contributed by atoms with van der Waals surface area (Å²) in [6.45, 7) is 5.17. The van der Waals surface area contributed by atoms with Gasteiger partial charge in [0.1, 0.15) is 0 Å². The molecule has 1 aliphatic carbocycles. The fourth-order valence-electron chi connectivity index (χ4n) is 3.00. The van der Waals surface area contributed by atoms with Crippen molar-refractivity contribution in [1.29, 1.82) is 5.26 Å². The molecule has 3 nitrogen and oxygen atoms in total. The van der Waals surface area contributed by atoms with Crippen molar-refractivity contribution in [2.24, 2.45) is 5.41 Å². The third-order valence-corrected chi connectivity index (χ3v) is 4.51. The summed E-state index contributed by atoms with van der Waals surface area (Å²) in [5, 5.41) is 13.7. The number of nitrogens with one attached hydrogen (secondary N) is 1. The number of rotatable bonds is 7. The van der Waals surface area contributed by atoms with E-state index in [9.17, 15) is 0 Å². The van der Waals surface area contributed by atoms with Gasteiger partial charge in [-0.3, -0.25) is 0 Å². The van der Waals surface area contributed by atoms with Crippen molar-refractivity contribution in [2.75, 3.05) is 6.54 Å². The molecule has 0 saturated heterocycles. The number of nitriles is 1. The summed E-state index contributed by atoms with van der Waals surface area (Å²) < 4.78 is 2.32. The minimum absolute atomic E-state index is 0.252. The highest BCUT2D eigenvalue weighted by molar-refractivity contribution is 5.80. The van der Waals surface area contributed by atoms with Crippen LogP contribution < -0.4 is 5.32 Å². The van der Waals surface area contributed by atoms with Crippen LogP contribution in [0.4, 0.5) is 0 Å². The Balaban J connectivity index is 1.75. The lowest BCUT2D eigenvalue weighted by Crippen LogP contribution is -2.13. The zero-order chi connectivity index (χ0) is 14.7. The summed E-state index contributed by atoms with van der Waals surface area (Å²) in [5.41, 5.74) is 2.88. The Labute approximate surface area is 126 Å². The number of nitrogens with zero attached hydrogens (tertiary/aromatic N) is 2. The van der Waals surface area contributed by atoms with Gasteiger partial charge in [-0.15, -0.1) is 0 Å². The van der Waals surface area contributed by atoms with E-state index in [-0.39, 0.29) is 5.41 Å². The van der Waals surface area contributed by atoms with E-state index in [1.165, 1.54) is 35.7 Å². The number of aromatic nitrogens is 1. The van der Waals surface area contributed by atoms with E-state index in [0.717, 1.165) is 19.6 Å². The first-order valence-electron chi connectivity index (χ1n) is 7.92. The van der Waals surface area contributed by atoms with Crippen LogP contribution in [0.2, 0.25) is 0 Å². The first-order chi connectivity index (χ1) is 10.3. The Morgan fingerprint density at radius 1 is 1.33 bits per heavy atom. The number of hydrogen-bond acceptors (Lipinski definition) is 2. The summed E-state index contributed by atoms with van der Waals surface area (Å²) in [6, 6.07) is 11.3. The van der Waals surface area contributed by atoms with Gasteiger partial charge in [-0.1, -0.05) is 13.0 Å². The molecule has 0 atom stereocenters. The van der Waals surface area contributed by atoms with Crippen molar-refractivity contribution in [3.8, 4) is 6.07 Å². The van der Waals surface area contributed by atoms with E-state index in [0.29, 0.717) is 6.42 Å². The predicted octanol–water partition coefficient (Wildman–Crippen LogP) is 3.83. The molecule has 1 saturated carbocycles. The Hall–Kier alpha value is -1.79. The second-order valence-electron chi connectivity index (χ2n) is 6.35. The zero-order valence-electron chi connectivity index (χ0n) is 12.7. The Morgan fingerprint density at radius 3 is 2.90 bits per heavy atom. The van der Waals surface area contributed by atoms with Crippen LogP contribution in [0.5, 0.6) is 0 Å². The summed E-state index contributed by atoms with van der Waals surface area (Å²) in [7, 11) is 0. The Bertz CT molecular complexity index is 659. The van der Waals surface area contributed by atoms with Crippen LogP contribution in [0.15, 0.2) is 30.5 Å². The van der Waals surface area contributed by atoms with Crippen LogP contribution in [0.1, 0.15) is 38.2 Å². The molecule has 0 spiro atoms. The Kier molecular flexibility index (Phi) is 3.98. The van der Waals surface area contributed by atoms with Gasteiger partial charge >= 0.3 is 0 Å². The zero-order valence-corrected chi connectivity index (χ0v) is 12.7. The molecule has 2 aromatic rings. The maximum Gasteiger partial charge on any atom is 0.0628 e. The topological polar surface area (TPSA) is 40.8 Å². The molecule has 1 fully saturated rings. The van der Waals surface area contributed by atoms with Gasteiger partial charge in [0.15, 0.2) is 0 Å². The van der Waals surface area contributed by atoms with Crippen molar-refractivity contribution in [2.45, 2.75) is 45.7 Å². The molecule has 1 N–H and O–H groups in total. The van der Waals surface area contributed by atoms with Gasteiger partial charge in [0.2, 0.25) is 0 Å². The van der Waals surface area contributed by atoms with E-state index in [2.05, 4.69) is 53.3 Å². The smallest absolute Gasteiger partial charge is 0.0628 e. The van der Waals surface area contributed by atoms with Crippen LogP contribution in [0, 0.1) is 16.7 Å². The van der Waals surface area contributed by atoms with Crippen LogP contribution in [0.25, 0.3) is 10.9 Å². The maximum absolute atomic E-state index is 8.96. The molecular formula is C18H23N3. The fraction of sp³-hybridized carbons (Fsp3) is 0.500. The van der Waals surface area contributed by atoms with Gasteiger partial charge in [-0.05, 0) is 55.0 Å². The highest BCUT2D eigenvalue weighted by Crippen LogP contribution is 2.50. The molecule has 21 heavy (non-hydrogen) atoms. The third-order valence-electron chi connectivity index (χ3n) is 4.51. The minimum atomic E-state index is 0.252.